The summed E-state index contributed by atoms with van der Waals surface area (Å²) in [5, 5.41) is 18.5. The number of aromatic nitrogens is 2. The normalized spacial score (nSPS) is 22.9. The van der Waals surface area contributed by atoms with Gasteiger partial charge in [0.15, 0.2) is 0 Å². The zero-order valence-corrected chi connectivity index (χ0v) is 17.2. The number of nitrogens with one attached hydrogen (secondary N) is 1. The van der Waals surface area contributed by atoms with Crippen LogP contribution in [0.25, 0.3) is 10.8 Å². The number of amides is 1. The van der Waals surface area contributed by atoms with Crippen LogP contribution in [-0.4, -0.2) is 39.5 Å². The first-order valence-corrected chi connectivity index (χ1v) is 9.70. The summed E-state index contributed by atoms with van der Waals surface area (Å²) in [5.74, 6) is -0.180. The molecule has 7 nitrogen and oxygen atoms in total. The number of carbonyl (C=O) groups is 1. The second-order valence-electron chi connectivity index (χ2n) is 8.36. The topological polar surface area (TPSA) is 93.5 Å². The summed E-state index contributed by atoms with van der Waals surface area (Å²) >= 11 is 0. The lowest BCUT2D eigenvalue weighted by molar-refractivity contribution is -0.125. The highest BCUT2D eigenvalue weighted by Crippen LogP contribution is 2.31. The first kappa shape index (κ1) is 20.5. The lowest BCUT2D eigenvalue weighted by atomic mass is 9.77. The molecule has 1 aromatic carbocycles. The van der Waals surface area contributed by atoms with E-state index >= 15 is 0 Å². The average Bonchev–Trinajstić information content (AvgIpc) is 2.61. The van der Waals surface area contributed by atoms with Crippen molar-refractivity contribution in [2.45, 2.75) is 70.7 Å². The molecule has 1 heterocycles. The van der Waals surface area contributed by atoms with Crippen molar-refractivity contribution in [2.24, 2.45) is 0 Å². The molecule has 2 aromatic rings. The lowest BCUT2D eigenvalue weighted by Gasteiger charge is -2.41. The van der Waals surface area contributed by atoms with Crippen molar-refractivity contribution in [1.82, 2.24) is 15.1 Å². The van der Waals surface area contributed by atoms with Crippen LogP contribution in [0.2, 0.25) is 0 Å². The number of fused-ring (bicyclic) bond motifs is 1. The van der Waals surface area contributed by atoms with Gasteiger partial charge in [0.05, 0.1) is 22.8 Å². The Hall–Kier alpha value is -2.25. The molecule has 1 unspecified atom stereocenters. The van der Waals surface area contributed by atoms with Gasteiger partial charge in [0.2, 0.25) is 5.91 Å². The molecule has 0 saturated heterocycles. The molecule has 1 atom stereocenters. The van der Waals surface area contributed by atoms with Gasteiger partial charge in [0.25, 0.3) is 5.56 Å². The Labute approximate surface area is 164 Å². The predicted molar refractivity (Wildman–Crippen MR) is 107 cm³/mol. The minimum Gasteiger partial charge on any atom is -0.390 e. The molecule has 7 heteroatoms. The maximum atomic E-state index is 12.9. The third-order valence-corrected chi connectivity index (χ3v) is 5.41. The first-order chi connectivity index (χ1) is 13.1. The molecule has 1 saturated carbocycles. The highest BCUT2D eigenvalue weighted by Gasteiger charge is 2.39. The highest BCUT2D eigenvalue weighted by atomic mass is 16.5. The van der Waals surface area contributed by atoms with Crippen molar-refractivity contribution >= 4 is 16.7 Å². The predicted octanol–water partition coefficient (Wildman–Crippen LogP) is 2.26. The summed E-state index contributed by atoms with van der Waals surface area (Å²) in [4.78, 5) is 25.3. The Balaban J connectivity index is 1.92. The van der Waals surface area contributed by atoms with Gasteiger partial charge in [-0.15, -0.1) is 0 Å². The van der Waals surface area contributed by atoms with Gasteiger partial charge in [-0.25, -0.2) is 4.68 Å². The minimum atomic E-state index is -0.710. The van der Waals surface area contributed by atoms with Crippen LogP contribution in [-0.2, 0) is 16.1 Å². The van der Waals surface area contributed by atoms with Crippen LogP contribution in [0.4, 0.5) is 0 Å². The molecule has 0 spiro atoms. The van der Waals surface area contributed by atoms with Crippen molar-refractivity contribution in [1.29, 1.82) is 0 Å². The summed E-state index contributed by atoms with van der Waals surface area (Å²) < 4.78 is 6.62. The van der Waals surface area contributed by atoms with Gasteiger partial charge in [0, 0.05) is 18.5 Å². The minimum absolute atomic E-state index is 0.0543. The molecule has 1 aliphatic rings. The Morgan fingerprint density at radius 3 is 2.61 bits per heavy atom. The quantitative estimate of drug-likeness (QED) is 0.793. The molecule has 0 radical (unpaired) electrons. The highest BCUT2D eigenvalue weighted by molar-refractivity contribution is 5.85. The van der Waals surface area contributed by atoms with Crippen LogP contribution in [0.3, 0.4) is 0 Å². The van der Waals surface area contributed by atoms with E-state index in [1.54, 1.807) is 20.1 Å². The number of benzene rings is 1. The molecule has 3 rings (SSSR count). The third-order valence-electron chi connectivity index (χ3n) is 5.41. The van der Waals surface area contributed by atoms with Gasteiger partial charge >= 0.3 is 0 Å². The summed E-state index contributed by atoms with van der Waals surface area (Å²) in [6.07, 6.45) is 0.963. The van der Waals surface area contributed by atoms with Crippen molar-refractivity contribution in [3.8, 4) is 0 Å². The van der Waals surface area contributed by atoms with E-state index < -0.39 is 5.60 Å². The van der Waals surface area contributed by atoms with E-state index in [1.807, 2.05) is 32.9 Å². The van der Waals surface area contributed by atoms with Gasteiger partial charge in [0.1, 0.15) is 6.54 Å². The second-order valence-corrected chi connectivity index (χ2v) is 8.36. The molecular formula is C21H29N3O4. The van der Waals surface area contributed by atoms with E-state index in [0.717, 1.165) is 16.6 Å². The maximum absolute atomic E-state index is 12.9. The van der Waals surface area contributed by atoms with Crippen molar-refractivity contribution < 1.29 is 14.6 Å². The largest absolute Gasteiger partial charge is 0.390 e. The van der Waals surface area contributed by atoms with Crippen LogP contribution < -0.4 is 10.9 Å². The summed E-state index contributed by atoms with van der Waals surface area (Å²) in [6, 6.07) is 5.56. The average molecular weight is 387 g/mol. The monoisotopic (exact) mass is 387 g/mol. The maximum Gasteiger partial charge on any atom is 0.275 e. The molecule has 1 aliphatic carbocycles. The summed E-state index contributed by atoms with van der Waals surface area (Å²) in [7, 11) is 1.65. The van der Waals surface area contributed by atoms with E-state index in [1.165, 1.54) is 4.68 Å². The standard InChI is InChI=1S/C21H29N3O4/c1-12(2)19-17-8-14(13(3)28-5)6-7-16(17)20(26)24(23-19)11-18(25)22-15-9-21(4,27)10-15/h6-8,12-13,15,27H,9-11H2,1-5H3,(H,22,25)/t13?,15-,21+. The zero-order valence-electron chi connectivity index (χ0n) is 17.2. The molecular weight excluding hydrogens is 358 g/mol. The molecule has 0 aliphatic heterocycles. The fourth-order valence-corrected chi connectivity index (χ4v) is 3.76. The number of rotatable bonds is 6. The van der Waals surface area contributed by atoms with Gasteiger partial charge in [-0.2, -0.15) is 5.10 Å². The molecule has 1 fully saturated rings. The van der Waals surface area contributed by atoms with Gasteiger partial charge < -0.3 is 15.2 Å². The molecule has 0 bridgehead atoms. The van der Waals surface area contributed by atoms with E-state index in [0.29, 0.717) is 18.2 Å². The van der Waals surface area contributed by atoms with E-state index in [4.69, 9.17) is 4.74 Å². The number of ether oxygens (including phenoxy) is 1. The van der Waals surface area contributed by atoms with Crippen LogP contribution >= 0.6 is 0 Å². The third kappa shape index (κ3) is 4.10. The molecule has 1 amide bonds. The summed E-state index contributed by atoms with van der Waals surface area (Å²) in [5.41, 5.74) is 0.759. The lowest BCUT2D eigenvalue weighted by Crippen LogP contribution is -2.54. The zero-order chi connectivity index (χ0) is 20.6. The van der Waals surface area contributed by atoms with Gasteiger partial charge in [-0.1, -0.05) is 19.9 Å². The van der Waals surface area contributed by atoms with E-state index in [9.17, 15) is 14.7 Å². The van der Waals surface area contributed by atoms with Crippen LogP contribution in [0, 0.1) is 0 Å². The fourth-order valence-electron chi connectivity index (χ4n) is 3.76. The van der Waals surface area contributed by atoms with Crippen LogP contribution in [0.15, 0.2) is 23.0 Å². The molecule has 1 aromatic heterocycles. The van der Waals surface area contributed by atoms with E-state index in [-0.39, 0.29) is 36.1 Å². The number of methoxy groups -OCH3 is 1. The Kier molecular flexibility index (Phi) is 5.59. The molecule has 2 N–H and O–H groups in total. The Bertz CT molecular complexity index is 941. The van der Waals surface area contributed by atoms with Crippen LogP contribution in [0.5, 0.6) is 0 Å². The van der Waals surface area contributed by atoms with Crippen molar-refractivity contribution in [3.63, 3.8) is 0 Å². The number of aliphatic hydroxyl groups is 1. The van der Waals surface area contributed by atoms with Crippen molar-refractivity contribution in [2.75, 3.05) is 7.11 Å². The first-order valence-electron chi connectivity index (χ1n) is 9.70. The van der Waals surface area contributed by atoms with Gasteiger partial charge in [-0.05, 0) is 50.3 Å². The molecule has 152 valence electrons. The SMILES string of the molecule is COC(C)c1ccc2c(=O)n(CC(=O)N[C@H]3C[C@@](C)(O)C3)nc(C(C)C)c2c1. The number of nitrogens with zero attached hydrogens (tertiary/aromatic N) is 2. The van der Waals surface area contributed by atoms with Crippen LogP contribution in [0.1, 0.15) is 63.8 Å². The summed E-state index contributed by atoms with van der Waals surface area (Å²) in [6.45, 7) is 7.59. The number of carbonyl (C=O) groups excluding carboxylic acids is 1. The molecule has 28 heavy (non-hydrogen) atoms. The Morgan fingerprint density at radius 1 is 1.36 bits per heavy atom. The smallest absolute Gasteiger partial charge is 0.275 e. The van der Waals surface area contributed by atoms with Gasteiger partial charge in [-0.3, -0.25) is 9.59 Å². The van der Waals surface area contributed by atoms with E-state index in [2.05, 4.69) is 10.4 Å². The van der Waals surface area contributed by atoms with Crippen molar-refractivity contribution in [3.05, 3.63) is 39.8 Å². The fraction of sp³-hybridized carbons (Fsp3) is 0.571. The number of hydrogen-bond acceptors (Lipinski definition) is 5. The number of hydrogen-bond donors (Lipinski definition) is 2. The second kappa shape index (κ2) is 7.64. The Morgan fingerprint density at radius 2 is 2.04 bits per heavy atom.